The zero-order valence-electron chi connectivity index (χ0n) is 17.0. The van der Waals surface area contributed by atoms with Crippen molar-refractivity contribution in [2.24, 2.45) is 0 Å². The van der Waals surface area contributed by atoms with Crippen molar-refractivity contribution < 1.29 is 4.74 Å². The molecule has 0 amide bonds. The van der Waals surface area contributed by atoms with Gasteiger partial charge >= 0.3 is 5.69 Å². The summed E-state index contributed by atoms with van der Waals surface area (Å²) in [7, 11) is 4.13. The molecule has 7 heteroatoms. The van der Waals surface area contributed by atoms with Gasteiger partial charge in [0.15, 0.2) is 0 Å². The van der Waals surface area contributed by atoms with Crippen molar-refractivity contribution >= 4 is 12.4 Å². The van der Waals surface area contributed by atoms with Crippen LogP contribution in [0.15, 0.2) is 65.7 Å². The number of rotatable bonds is 10. The third-order valence-electron chi connectivity index (χ3n) is 4.57. The summed E-state index contributed by atoms with van der Waals surface area (Å²) >= 11 is 0. The number of aryl methyl sites for hydroxylation is 1. The standard InChI is InChI=1S/C22H28N4O2.ClH/c1-24(2)16-14-19-10-12-20(13-11-19)25-18-23-26(22(25)27)15-6-7-17-28-21-8-4-3-5-9-21;/h3-5,8-13,18H,6-7,14-17H2,1-2H3;1H. The number of hydrogen-bond acceptors (Lipinski definition) is 4. The number of ether oxygens (including phenoxy) is 1. The lowest BCUT2D eigenvalue weighted by atomic mass is 10.1. The van der Waals surface area contributed by atoms with E-state index >= 15 is 0 Å². The number of hydrogen-bond donors (Lipinski definition) is 0. The van der Waals surface area contributed by atoms with Crippen LogP contribution in [0.5, 0.6) is 5.75 Å². The van der Waals surface area contributed by atoms with E-state index in [2.05, 4.69) is 36.2 Å². The Labute approximate surface area is 178 Å². The lowest BCUT2D eigenvalue weighted by Crippen LogP contribution is -2.24. The van der Waals surface area contributed by atoms with Crippen molar-refractivity contribution in [3.63, 3.8) is 0 Å². The second kappa shape index (κ2) is 11.4. The fraction of sp³-hybridized carbons (Fsp3) is 0.364. The van der Waals surface area contributed by atoms with Crippen LogP contribution in [0.3, 0.4) is 0 Å². The van der Waals surface area contributed by atoms with Crippen LogP contribution in [0.2, 0.25) is 0 Å². The zero-order valence-corrected chi connectivity index (χ0v) is 17.8. The molecule has 0 aliphatic carbocycles. The lowest BCUT2D eigenvalue weighted by Gasteiger charge is -2.09. The number of nitrogens with zero attached hydrogens (tertiary/aromatic N) is 4. The third kappa shape index (κ3) is 6.76. The van der Waals surface area contributed by atoms with Crippen molar-refractivity contribution in [3.05, 3.63) is 77.0 Å². The smallest absolute Gasteiger partial charge is 0.350 e. The van der Waals surface area contributed by atoms with E-state index in [1.54, 1.807) is 10.9 Å². The van der Waals surface area contributed by atoms with Gasteiger partial charge in [0.05, 0.1) is 12.3 Å². The molecule has 0 saturated carbocycles. The monoisotopic (exact) mass is 416 g/mol. The predicted octanol–water partition coefficient (Wildman–Crippen LogP) is 3.42. The summed E-state index contributed by atoms with van der Waals surface area (Å²) in [5.74, 6) is 0.873. The SMILES string of the molecule is CN(C)CCc1ccc(-n2cnn(CCCCOc3ccccc3)c2=O)cc1.Cl. The number of likely N-dealkylation sites (N-methyl/N-ethyl adjacent to an activating group) is 1. The van der Waals surface area contributed by atoms with Gasteiger partial charge in [0.25, 0.3) is 0 Å². The van der Waals surface area contributed by atoms with Crippen LogP contribution in [0.25, 0.3) is 5.69 Å². The molecule has 0 saturated heterocycles. The molecule has 29 heavy (non-hydrogen) atoms. The molecule has 0 bridgehead atoms. The Bertz CT molecular complexity index is 905. The average molecular weight is 417 g/mol. The van der Waals surface area contributed by atoms with E-state index in [-0.39, 0.29) is 18.1 Å². The minimum Gasteiger partial charge on any atom is -0.494 e. The number of benzene rings is 2. The van der Waals surface area contributed by atoms with Crippen LogP contribution < -0.4 is 10.4 Å². The lowest BCUT2D eigenvalue weighted by molar-refractivity contribution is 0.301. The van der Waals surface area contributed by atoms with E-state index in [0.29, 0.717) is 13.2 Å². The summed E-state index contributed by atoms with van der Waals surface area (Å²) < 4.78 is 8.79. The van der Waals surface area contributed by atoms with Crippen molar-refractivity contribution in [3.8, 4) is 11.4 Å². The van der Waals surface area contributed by atoms with Gasteiger partial charge in [-0.2, -0.15) is 5.10 Å². The summed E-state index contributed by atoms with van der Waals surface area (Å²) in [6.07, 6.45) is 4.30. The van der Waals surface area contributed by atoms with Crippen LogP contribution in [0, 0.1) is 0 Å². The van der Waals surface area contributed by atoms with E-state index < -0.39 is 0 Å². The van der Waals surface area contributed by atoms with Crippen molar-refractivity contribution in [1.82, 2.24) is 19.2 Å². The molecular formula is C22H29ClN4O2. The number of aromatic nitrogens is 3. The highest BCUT2D eigenvalue weighted by Gasteiger charge is 2.07. The van der Waals surface area contributed by atoms with Crippen molar-refractivity contribution in [1.29, 1.82) is 0 Å². The zero-order chi connectivity index (χ0) is 19.8. The molecule has 3 aromatic rings. The summed E-state index contributed by atoms with van der Waals surface area (Å²) in [6, 6.07) is 17.9. The van der Waals surface area contributed by atoms with Crippen LogP contribution >= 0.6 is 12.4 Å². The van der Waals surface area contributed by atoms with Crippen LogP contribution in [0.4, 0.5) is 0 Å². The quantitative estimate of drug-likeness (QED) is 0.475. The molecule has 6 nitrogen and oxygen atoms in total. The van der Waals surface area contributed by atoms with Gasteiger partial charge in [-0.3, -0.25) is 0 Å². The van der Waals surface area contributed by atoms with E-state index in [4.69, 9.17) is 4.74 Å². The largest absolute Gasteiger partial charge is 0.494 e. The molecule has 156 valence electrons. The Hall–Kier alpha value is -2.57. The van der Waals surface area contributed by atoms with Gasteiger partial charge in [-0.1, -0.05) is 30.3 Å². The topological polar surface area (TPSA) is 52.3 Å². The Morgan fingerprint density at radius 1 is 1.00 bits per heavy atom. The summed E-state index contributed by atoms with van der Waals surface area (Å²) in [5.41, 5.74) is 2.00. The highest BCUT2D eigenvalue weighted by Crippen LogP contribution is 2.10. The maximum absolute atomic E-state index is 12.6. The van der Waals surface area contributed by atoms with Gasteiger partial charge in [0, 0.05) is 13.1 Å². The molecule has 0 unspecified atom stereocenters. The van der Waals surface area contributed by atoms with Crippen molar-refractivity contribution in [2.75, 3.05) is 27.2 Å². The molecule has 0 radical (unpaired) electrons. The summed E-state index contributed by atoms with van der Waals surface area (Å²) in [6.45, 7) is 2.23. The maximum Gasteiger partial charge on any atom is 0.350 e. The molecule has 3 rings (SSSR count). The Balaban J connectivity index is 0.00000300. The molecule has 1 heterocycles. The second-order valence-electron chi connectivity index (χ2n) is 7.10. The molecule has 1 aromatic heterocycles. The van der Waals surface area contributed by atoms with Gasteiger partial charge < -0.3 is 9.64 Å². The molecular weight excluding hydrogens is 388 g/mol. The molecule has 0 spiro atoms. The average Bonchev–Trinajstić information content (AvgIpc) is 3.08. The number of halogens is 1. The van der Waals surface area contributed by atoms with Gasteiger partial charge in [-0.05, 0) is 63.2 Å². The number of para-hydroxylation sites is 1. The molecule has 0 N–H and O–H groups in total. The predicted molar refractivity (Wildman–Crippen MR) is 119 cm³/mol. The van der Waals surface area contributed by atoms with E-state index in [9.17, 15) is 4.79 Å². The minimum absolute atomic E-state index is 0. The first-order valence-electron chi connectivity index (χ1n) is 9.70. The molecule has 0 aliphatic heterocycles. The second-order valence-corrected chi connectivity index (χ2v) is 7.10. The van der Waals surface area contributed by atoms with Gasteiger partial charge in [0.1, 0.15) is 12.1 Å². The third-order valence-corrected chi connectivity index (χ3v) is 4.57. The normalized spacial score (nSPS) is 10.7. The van der Waals surface area contributed by atoms with E-state index in [1.807, 2.05) is 42.5 Å². The van der Waals surface area contributed by atoms with Crippen molar-refractivity contribution in [2.45, 2.75) is 25.8 Å². The van der Waals surface area contributed by atoms with Crippen LogP contribution in [-0.2, 0) is 13.0 Å². The van der Waals surface area contributed by atoms with Crippen LogP contribution in [0.1, 0.15) is 18.4 Å². The van der Waals surface area contributed by atoms with Gasteiger partial charge in [0.2, 0.25) is 0 Å². The Morgan fingerprint density at radius 2 is 1.72 bits per heavy atom. The molecule has 0 atom stereocenters. The first kappa shape index (κ1) is 22.7. The molecule has 0 fully saturated rings. The number of unbranched alkanes of at least 4 members (excludes halogenated alkanes) is 1. The van der Waals surface area contributed by atoms with E-state index in [1.165, 1.54) is 10.2 Å². The summed E-state index contributed by atoms with van der Waals surface area (Å²) in [4.78, 5) is 14.7. The maximum atomic E-state index is 12.6. The summed E-state index contributed by atoms with van der Waals surface area (Å²) in [5, 5.41) is 4.25. The van der Waals surface area contributed by atoms with E-state index in [0.717, 1.165) is 37.2 Å². The Kier molecular flexibility index (Phi) is 8.96. The Morgan fingerprint density at radius 3 is 2.41 bits per heavy atom. The molecule has 0 aliphatic rings. The highest BCUT2D eigenvalue weighted by atomic mass is 35.5. The molecule has 2 aromatic carbocycles. The van der Waals surface area contributed by atoms with Gasteiger partial charge in [-0.25, -0.2) is 14.0 Å². The highest BCUT2D eigenvalue weighted by molar-refractivity contribution is 5.85. The fourth-order valence-electron chi connectivity index (χ4n) is 2.91. The first-order valence-corrected chi connectivity index (χ1v) is 9.70. The fourth-order valence-corrected chi connectivity index (χ4v) is 2.91. The minimum atomic E-state index is -0.106. The first-order chi connectivity index (χ1) is 13.6. The van der Waals surface area contributed by atoms with Crippen LogP contribution in [-0.4, -0.2) is 46.5 Å². The van der Waals surface area contributed by atoms with Gasteiger partial charge in [-0.15, -0.1) is 12.4 Å².